The topological polar surface area (TPSA) is 120 Å². The van der Waals surface area contributed by atoms with Gasteiger partial charge < -0.3 is 14.2 Å². The van der Waals surface area contributed by atoms with Crippen LogP contribution in [0.25, 0.3) is 0 Å². The molecule has 2 heterocycles. The minimum atomic E-state index is -1.55. The van der Waals surface area contributed by atoms with E-state index in [1.54, 1.807) is 83.1 Å². The molecule has 11 heteroatoms. The number of halogens is 1. The van der Waals surface area contributed by atoms with Crippen molar-refractivity contribution in [2.75, 3.05) is 29.6 Å². The first-order valence-corrected chi connectivity index (χ1v) is 15.6. The first-order valence-electron chi connectivity index (χ1n) is 14.8. The third-order valence-corrected chi connectivity index (χ3v) is 11.2. The molecule has 230 valence electrons. The quantitative estimate of drug-likeness (QED) is 0.231. The van der Waals surface area contributed by atoms with Crippen LogP contribution >= 0.6 is 15.9 Å². The molecule has 44 heavy (non-hydrogen) atoms. The number of alkyl halides is 1. The molecule has 0 spiro atoms. The fraction of sp³-hybridized carbons (Fsp3) is 0.424. The molecule has 4 amide bonds. The Bertz CT molecular complexity index is 1560. The van der Waals surface area contributed by atoms with E-state index in [1.165, 1.54) is 0 Å². The fourth-order valence-corrected chi connectivity index (χ4v) is 9.16. The number of hydrogen-bond donors (Lipinski definition) is 0. The Hall–Kier alpha value is -3.99. The molecule has 1 saturated carbocycles. The first-order chi connectivity index (χ1) is 21.0. The molecule has 2 saturated heterocycles. The maximum Gasteiger partial charge on any atom is 0.334 e. The van der Waals surface area contributed by atoms with E-state index in [0.29, 0.717) is 30.3 Å². The number of imide groups is 2. The lowest BCUT2D eigenvalue weighted by atomic mass is 9.43. The number of benzene rings is 2. The SMILES string of the molecule is CCOC(=O)C1=C(C)C2(Br)[C@@H]3C(=O)N(c4ccccc4OCC)C(=O)[C@H]3C1(C)[C@H]1C(=O)N(c3ccccc3OCC)C(=O)[C@@H]12. The number of rotatable bonds is 8. The van der Waals surface area contributed by atoms with Gasteiger partial charge in [-0.1, -0.05) is 47.1 Å². The van der Waals surface area contributed by atoms with Crippen LogP contribution in [0.5, 0.6) is 11.5 Å². The van der Waals surface area contributed by atoms with Crippen molar-refractivity contribution in [2.45, 2.75) is 38.9 Å². The number of amides is 4. The molecule has 0 N–H and O–H groups in total. The van der Waals surface area contributed by atoms with Gasteiger partial charge in [-0.3, -0.25) is 19.2 Å². The summed E-state index contributed by atoms with van der Waals surface area (Å²) in [4.78, 5) is 74.1. The molecular formula is C33H33BrN2O8. The van der Waals surface area contributed by atoms with Crippen LogP contribution in [-0.2, 0) is 28.7 Å². The van der Waals surface area contributed by atoms with Gasteiger partial charge in [-0.2, -0.15) is 0 Å². The van der Waals surface area contributed by atoms with Crippen molar-refractivity contribution in [3.8, 4) is 11.5 Å². The van der Waals surface area contributed by atoms with Gasteiger partial charge in [0, 0.05) is 11.0 Å². The summed E-state index contributed by atoms with van der Waals surface area (Å²) >= 11 is 3.80. The van der Waals surface area contributed by atoms with Gasteiger partial charge in [0.25, 0.3) is 0 Å². The van der Waals surface area contributed by atoms with Gasteiger partial charge in [0.2, 0.25) is 23.6 Å². The number of allylic oxidation sites excluding steroid dienone is 1. The lowest BCUT2D eigenvalue weighted by Gasteiger charge is -2.59. The summed E-state index contributed by atoms with van der Waals surface area (Å²) in [6, 6.07) is 13.5. The van der Waals surface area contributed by atoms with Crippen LogP contribution in [-0.4, -0.2) is 53.7 Å². The molecular weight excluding hydrogens is 632 g/mol. The lowest BCUT2D eigenvalue weighted by molar-refractivity contribution is -0.152. The van der Waals surface area contributed by atoms with E-state index in [9.17, 15) is 24.0 Å². The fourth-order valence-electron chi connectivity index (χ4n) is 8.04. The highest BCUT2D eigenvalue weighted by atomic mass is 79.9. The number of anilines is 2. The Labute approximate surface area is 263 Å². The standard InChI is InChI=1S/C33H33BrN2O8/c1-6-42-20-15-11-9-13-18(20)35-27(37)23-25(29(35)39)33(34)17(4)22(31(41)44-8-3)32(23,5)24-26(33)30(40)36(28(24)38)19-14-10-12-16-21(19)43-7-2/h9-16,23-26H,6-8H2,1-5H3/t23-,24+,25-,26+,32?,33?. The smallest absolute Gasteiger partial charge is 0.334 e. The largest absolute Gasteiger partial charge is 0.492 e. The predicted molar refractivity (Wildman–Crippen MR) is 163 cm³/mol. The van der Waals surface area contributed by atoms with Crippen LogP contribution in [0.2, 0.25) is 0 Å². The Morgan fingerprint density at radius 1 is 0.727 bits per heavy atom. The zero-order valence-electron chi connectivity index (χ0n) is 25.1. The van der Waals surface area contributed by atoms with E-state index in [4.69, 9.17) is 14.2 Å². The van der Waals surface area contributed by atoms with Crippen LogP contribution in [0.4, 0.5) is 11.4 Å². The van der Waals surface area contributed by atoms with Gasteiger partial charge in [0.1, 0.15) is 11.5 Å². The normalized spacial score (nSPS) is 30.6. The van der Waals surface area contributed by atoms with Crippen molar-refractivity contribution in [1.82, 2.24) is 0 Å². The number of para-hydroxylation sites is 4. The van der Waals surface area contributed by atoms with Crippen molar-refractivity contribution >= 4 is 56.9 Å². The van der Waals surface area contributed by atoms with Crippen molar-refractivity contribution in [2.24, 2.45) is 29.1 Å². The molecule has 5 aliphatic rings. The highest BCUT2D eigenvalue weighted by molar-refractivity contribution is 9.10. The third-order valence-electron chi connectivity index (χ3n) is 9.59. The zero-order chi connectivity index (χ0) is 31.7. The Balaban J connectivity index is 1.58. The summed E-state index contributed by atoms with van der Waals surface area (Å²) in [5.41, 5.74) is -0.471. The van der Waals surface area contributed by atoms with Gasteiger partial charge in [0.15, 0.2) is 0 Å². The Kier molecular flexibility index (Phi) is 7.22. The maximum atomic E-state index is 14.6. The lowest BCUT2D eigenvalue weighted by Crippen LogP contribution is -2.67. The summed E-state index contributed by atoms with van der Waals surface area (Å²) in [5, 5.41) is 0. The molecule has 7 rings (SSSR count). The molecule has 3 aliphatic carbocycles. The Morgan fingerprint density at radius 3 is 1.55 bits per heavy atom. The second kappa shape index (κ2) is 10.6. The predicted octanol–water partition coefficient (Wildman–Crippen LogP) is 4.44. The highest BCUT2D eigenvalue weighted by Gasteiger charge is 2.82. The first kappa shape index (κ1) is 30.1. The van der Waals surface area contributed by atoms with Crippen LogP contribution in [0.1, 0.15) is 34.6 Å². The van der Waals surface area contributed by atoms with Gasteiger partial charge in [-0.15, -0.1) is 0 Å². The average Bonchev–Trinajstić information content (AvgIpc) is 3.43. The number of esters is 1. The zero-order valence-corrected chi connectivity index (χ0v) is 26.7. The summed E-state index contributed by atoms with van der Waals surface area (Å²) in [6.07, 6.45) is 0. The van der Waals surface area contributed by atoms with Gasteiger partial charge >= 0.3 is 5.97 Å². The third kappa shape index (κ3) is 3.68. The minimum absolute atomic E-state index is 0.0602. The second-order valence-corrected chi connectivity index (χ2v) is 12.8. The molecule has 2 unspecified atom stereocenters. The number of nitrogens with zero attached hydrogens (tertiary/aromatic N) is 2. The van der Waals surface area contributed by atoms with Crippen molar-refractivity contribution in [3.63, 3.8) is 0 Å². The molecule has 0 radical (unpaired) electrons. The molecule has 2 aliphatic heterocycles. The van der Waals surface area contributed by atoms with E-state index in [1.807, 2.05) is 0 Å². The van der Waals surface area contributed by atoms with Crippen molar-refractivity contribution in [1.29, 1.82) is 0 Å². The average molecular weight is 666 g/mol. The van der Waals surface area contributed by atoms with Crippen molar-refractivity contribution < 1.29 is 38.2 Å². The monoisotopic (exact) mass is 664 g/mol. The summed E-state index contributed by atoms with van der Waals surface area (Å²) in [6.45, 7) is 9.26. The summed E-state index contributed by atoms with van der Waals surface area (Å²) < 4.78 is 15.5. The van der Waals surface area contributed by atoms with Gasteiger partial charge in [0.05, 0.1) is 59.2 Å². The van der Waals surface area contributed by atoms with Gasteiger partial charge in [-0.05, 0) is 57.5 Å². The van der Waals surface area contributed by atoms with Crippen LogP contribution in [0, 0.1) is 29.1 Å². The Morgan fingerprint density at radius 2 is 1.14 bits per heavy atom. The minimum Gasteiger partial charge on any atom is -0.492 e. The molecule has 10 nitrogen and oxygen atoms in total. The van der Waals surface area contributed by atoms with Gasteiger partial charge in [-0.25, -0.2) is 14.6 Å². The van der Waals surface area contributed by atoms with E-state index in [0.717, 1.165) is 9.80 Å². The number of carbonyl (C=O) groups is 5. The van der Waals surface area contributed by atoms with Crippen LogP contribution in [0.15, 0.2) is 59.7 Å². The molecule has 6 atom stereocenters. The number of hydrogen-bond acceptors (Lipinski definition) is 8. The van der Waals surface area contributed by atoms with Crippen molar-refractivity contribution in [3.05, 3.63) is 59.7 Å². The summed E-state index contributed by atoms with van der Waals surface area (Å²) in [5.74, 6) is -6.68. The molecule has 2 aromatic rings. The van der Waals surface area contributed by atoms with E-state index < -0.39 is 63.0 Å². The van der Waals surface area contributed by atoms with Crippen LogP contribution < -0.4 is 19.3 Å². The van der Waals surface area contributed by atoms with E-state index in [2.05, 4.69) is 15.9 Å². The molecule has 2 bridgehead atoms. The number of carbonyl (C=O) groups excluding carboxylic acids is 5. The van der Waals surface area contributed by atoms with Crippen LogP contribution in [0.3, 0.4) is 0 Å². The van der Waals surface area contributed by atoms with E-state index in [-0.39, 0.29) is 23.6 Å². The molecule has 3 fully saturated rings. The summed E-state index contributed by atoms with van der Waals surface area (Å²) in [7, 11) is 0. The maximum absolute atomic E-state index is 14.6. The number of ether oxygens (including phenoxy) is 3. The molecule has 0 aromatic heterocycles. The molecule has 2 aromatic carbocycles. The van der Waals surface area contributed by atoms with E-state index >= 15 is 0 Å². The highest BCUT2D eigenvalue weighted by Crippen LogP contribution is 2.73. The second-order valence-electron chi connectivity index (χ2n) is 11.5.